The molecule has 3 rings (SSSR count). The van der Waals surface area contributed by atoms with Gasteiger partial charge in [-0.2, -0.15) is 0 Å². The molecule has 5 heteroatoms. The SMILES string of the molecule is CSC1=NCC(c2ccccc2)c2cc(Cl)ccc2N1.I. The molecule has 2 aromatic carbocycles. The van der Waals surface area contributed by atoms with E-state index in [4.69, 9.17) is 11.6 Å². The molecule has 0 aliphatic carbocycles. The lowest BCUT2D eigenvalue weighted by atomic mass is 9.90. The number of thioether (sulfide) groups is 1. The van der Waals surface area contributed by atoms with Gasteiger partial charge in [0.15, 0.2) is 5.17 Å². The Morgan fingerprint density at radius 2 is 1.95 bits per heavy atom. The molecule has 0 aromatic heterocycles. The summed E-state index contributed by atoms with van der Waals surface area (Å²) < 4.78 is 0. The summed E-state index contributed by atoms with van der Waals surface area (Å²) in [6.45, 7) is 0.737. The van der Waals surface area contributed by atoms with Crippen molar-refractivity contribution in [2.45, 2.75) is 5.92 Å². The second-order valence-electron chi connectivity index (χ2n) is 4.67. The first-order valence-corrected chi connectivity index (χ1v) is 8.08. The van der Waals surface area contributed by atoms with Crippen LogP contribution in [0, 0.1) is 0 Å². The highest BCUT2D eigenvalue weighted by atomic mass is 127. The number of anilines is 1. The molecule has 0 radical (unpaired) electrons. The molecular weight excluding hydrogens is 415 g/mol. The van der Waals surface area contributed by atoms with E-state index in [0.29, 0.717) is 0 Å². The maximum absolute atomic E-state index is 6.18. The van der Waals surface area contributed by atoms with E-state index in [1.165, 1.54) is 11.1 Å². The molecule has 0 bridgehead atoms. The van der Waals surface area contributed by atoms with E-state index in [1.54, 1.807) is 11.8 Å². The quantitative estimate of drug-likeness (QED) is 0.626. The number of nitrogens with zero attached hydrogens (tertiary/aromatic N) is 1. The maximum Gasteiger partial charge on any atom is 0.160 e. The summed E-state index contributed by atoms with van der Waals surface area (Å²) in [5.74, 6) is 0.238. The first kappa shape index (κ1) is 16.6. The molecule has 1 heterocycles. The van der Waals surface area contributed by atoms with E-state index in [0.717, 1.165) is 22.4 Å². The van der Waals surface area contributed by atoms with E-state index in [9.17, 15) is 0 Å². The molecule has 2 aromatic rings. The number of fused-ring (bicyclic) bond motifs is 1. The highest BCUT2D eigenvalue weighted by Gasteiger charge is 2.21. The van der Waals surface area contributed by atoms with E-state index >= 15 is 0 Å². The topological polar surface area (TPSA) is 24.4 Å². The zero-order valence-corrected chi connectivity index (χ0v) is 15.4. The van der Waals surface area contributed by atoms with Gasteiger partial charge in [-0.15, -0.1) is 24.0 Å². The lowest BCUT2D eigenvalue weighted by Gasteiger charge is -2.17. The summed E-state index contributed by atoms with van der Waals surface area (Å²) in [4.78, 5) is 4.67. The largest absolute Gasteiger partial charge is 0.335 e. The van der Waals surface area contributed by atoms with Gasteiger partial charge in [0.1, 0.15) is 0 Å². The summed E-state index contributed by atoms with van der Waals surface area (Å²) >= 11 is 7.81. The van der Waals surface area contributed by atoms with Gasteiger partial charge in [0.25, 0.3) is 0 Å². The van der Waals surface area contributed by atoms with Crippen molar-refractivity contribution < 1.29 is 0 Å². The van der Waals surface area contributed by atoms with Crippen LogP contribution in [0.15, 0.2) is 53.5 Å². The van der Waals surface area contributed by atoms with Gasteiger partial charge in [-0.05, 0) is 35.6 Å². The molecule has 0 amide bonds. The predicted octanol–water partition coefficient (Wildman–Crippen LogP) is 5.23. The monoisotopic (exact) mass is 430 g/mol. The summed E-state index contributed by atoms with van der Waals surface area (Å²) in [6, 6.07) is 16.5. The Labute approximate surface area is 151 Å². The molecule has 1 aliphatic rings. The molecular formula is C16H16ClIN2S. The molecule has 0 spiro atoms. The van der Waals surface area contributed by atoms with Crippen LogP contribution >= 0.6 is 47.3 Å². The molecule has 1 atom stereocenters. The van der Waals surface area contributed by atoms with Crippen LogP contribution in [0.2, 0.25) is 5.02 Å². The van der Waals surface area contributed by atoms with E-state index in [2.05, 4.69) is 34.6 Å². The number of aliphatic imine (C=N–C) groups is 1. The first-order valence-electron chi connectivity index (χ1n) is 6.48. The van der Waals surface area contributed by atoms with Crippen LogP contribution in [0.1, 0.15) is 17.0 Å². The second kappa shape index (κ2) is 7.51. The van der Waals surface area contributed by atoms with Crippen LogP contribution < -0.4 is 5.32 Å². The maximum atomic E-state index is 6.18. The third-order valence-corrected chi connectivity index (χ3v) is 4.30. The van der Waals surface area contributed by atoms with E-state index in [-0.39, 0.29) is 29.9 Å². The molecule has 1 N–H and O–H groups in total. The molecule has 0 saturated heterocycles. The molecule has 1 aliphatic heterocycles. The predicted molar refractivity (Wildman–Crippen MR) is 105 cm³/mol. The zero-order chi connectivity index (χ0) is 13.9. The van der Waals surface area contributed by atoms with Gasteiger partial charge in [-0.1, -0.05) is 53.7 Å². The normalized spacial score (nSPS) is 16.9. The second-order valence-corrected chi connectivity index (χ2v) is 5.90. The van der Waals surface area contributed by atoms with Gasteiger partial charge in [-0.25, -0.2) is 0 Å². The lowest BCUT2D eigenvalue weighted by molar-refractivity contribution is 0.830. The minimum absolute atomic E-state index is 0. The van der Waals surface area contributed by atoms with Gasteiger partial charge < -0.3 is 5.32 Å². The molecule has 1 unspecified atom stereocenters. The third-order valence-electron chi connectivity index (χ3n) is 3.44. The standard InChI is InChI=1S/C16H15ClN2S.HI/c1-20-16-18-10-14(11-5-3-2-4-6-11)13-9-12(17)7-8-15(13)19-16;/h2-9,14H,10H2,1H3,(H,18,19);1H. The number of rotatable bonds is 1. The zero-order valence-electron chi connectivity index (χ0n) is 11.5. The molecule has 0 fully saturated rings. The van der Waals surface area contributed by atoms with Crippen LogP contribution in [0.5, 0.6) is 0 Å². The Morgan fingerprint density at radius 3 is 2.67 bits per heavy atom. The Morgan fingerprint density at radius 1 is 1.19 bits per heavy atom. The average molecular weight is 431 g/mol. The van der Waals surface area contributed by atoms with Crippen molar-refractivity contribution in [1.29, 1.82) is 0 Å². The summed E-state index contributed by atoms with van der Waals surface area (Å²) in [5.41, 5.74) is 3.56. The van der Waals surface area contributed by atoms with Crippen LogP contribution in [0.25, 0.3) is 0 Å². The number of benzene rings is 2. The van der Waals surface area contributed by atoms with Crippen molar-refractivity contribution in [3.63, 3.8) is 0 Å². The van der Waals surface area contributed by atoms with Crippen molar-refractivity contribution in [1.82, 2.24) is 0 Å². The van der Waals surface area contributed by atoms with Gasteiger partial charge >= 0.3 is 0 Å². The Balaban J connectivity index is 0.00000161. The van der Waals surface area contributed by atoms with Crippen molar-refractivity contribution in [2.75, 3.05) is 18.1 Å². The fourth-order valence-corrected chi connectivity index (χ4v) is 3.05. The Bertz CT molecular complexity index is 646. The minimum Gasteiger partial charge on any atom is -0.335 e. The number of hydrogen-bond acceptors (Lipinski definition) is 3. The Kier molecular flexibility index (Phi) is 5.96. The van der Waals surface area contributed by atoms with Crippen molar-refractivity contribution in [3.05, 3.63) is 64.7 Å². The molecule has 110 valence electrons. The summed E-state index contributed by atoms with van der Waals surface area (Å²) in [7, 11) is 0. The first-order chi connectivity index (χ1) is 9.78. The number of nitrogens with one attached hydrogen (secondary N) is 1. The number of amidine groups is 1. The Hall–Kier alpha value is -0.720. The fraction of sp³-hybridized carbons (Fsp3) is 0.188. The van der Waals surface area contributed by atoms with Crippen LogP contribution in [0.3, 0.4) is 0 Å². The van der Waals surface area contributed by atoms with Gasteiger partial charge in [0.2, 0.25) is 0 Å². The highest BCUT2D eigenvalue weighted by Crippen LogP contribution is 2.35. The van der Waals surface area contributed by atoms with Gasteiger partial charge in [0.05, 0.1) is 6.54 Å². The average Bonchev–Trinajstić information content (AvgIpc) is 2.67. The molecule has 0 saturated carbocycles. The van der Waals surface area contributed by atoms with Crippen LogP contribution in [-0.4, -0.2) is 18.0 Å². The van der Waals surface area contributed by atoms with Gasteiger partial charge in [0, 0.05) is 16.6 Å². The van der Waals surface area contributed by atoms with Crippen molar-refractivity contribution >= 4 is 58.2 Å². The minimum atomic E-state index is 0. The van der Waals surface area contributed by atoms with E-state index < -0.39 is 0 Å². The number of halogens is 2. The summed E-state index contributed by atoms with van der Waals surface area (Å²) in [5, 5.41) is 5.10. The number of hydrogen-bond donors (Lipinski definition) is 1. The summed E-state index contributed by atoms with van der Waals surface area (Å²) in [6.07, 6.45) is 2.03. The lowest BCUT2D eigenvalue weighted by Crippen LogP contribution is -2.07. The third kappa shape index (κ3) is 3.73. The van der Waals surface area contributed by atoms with Crippen LogP contribution in [-0.2, 0) is 0 Å². The van der Waals surface area contributed by atoms with E-state index in [1.807, 2.05) is 30.5 Å². The van der Waals surface area contributed by atoms with Crippen molar-refractivity contribution in [3.8, 4) is 0 Å². The molecule has 21 heavy (non-hydrogen) atoms. The van der Waals surface area contributed by atoms with Crippen molar-refractivity contribution in [2.24, 2.45) is 4.99 Å². The highest BCUT2D eigenvalue weighted by molar-refractivity contribution is 14.0. The fourth-order valence-electron chi connectivity index (χ4n) is 2.45. The smallest absolute Gasteiger partial charge is 0.160 e. The van der Waals surface area contributed by atoms with Crippen LogP contribution in [0.4, 0.5) is 5.69 Å². The van der Waals surface area contributed by atoms with Gasteiger partial charge in [-0.3, -0.25) is 4.99 Å². The molecule has 2 nitrogen and oxygen atoms in total.